The van der Waals surface area contributed by atoms with Crippen LogP contribution in [0.3, 0.4) is 0 Å². The molecule has 0 saturated heterocycles. The zero-order valence-electron chi connectivity index (χ0n) is 8.79. The zero-order valence-corrected chi connectivity index (χ0v) is 8.79. The van der Waals surface area contributed by atoms with Crippen LogP contribution in [0.2, 0.25) is 0 Å². The third-order valence-corrected chi connectivity index (χ3v) is 1.95. The SMILES string of the molecule is NC(=O)[C@H](CC(=O)O)NC(=O)c1cccnc1. The van der Waals surface area contributed by atoms with Crippen LogP contribution in [0.5, 0.6) is 0 Å². The van der Waals surface area contributed by atoms with Crippen LogP contribution in [0, 0.1) is 0 Å². The number of pyridine rings is 1. The molecule has 0 fully saturated rings. The van der Waals surface area contributed by atoms with Gasteiger partial charge in [0.15, 0.2) is 0 Å². The summed E-state index contributed by atoms with van der Waals surface area (Å²) in [5, 5.41) is 10.8. The fraction of sp³-hybridized carbons (Fsp3) is 0.200. The standard InChI is InChI=1S/C10H11N3O4/c11-9(16)7(4-8(14)15)13-10(17)6-2-1-3-12-5-6/h1-3,5,7H,4H2,(H2,11,16)(H,13,17)(H,14,15)/t7-/m0/s1. The predicted octanol–water partition coefficient (Wildman–Crippen LogP) is -0.860. The first kappa shape index (κ1) is 12.6. The highest BCUT2D eigenvalue weighted by Gasteiger charge is 2.21. The molecule has 0 spiro atoms. The van der Waals surface area contributed by atoms with Crippen molar-refractivity contribution in [2.24, 2.45) is 5.73 Å². The second-order valence-corrected chi connectivity index (χ2v) is 3.27. The number of hydrogen-bond acceptors (Lipinski definition) is 4. The fourth-order valence-electron chi connectivity index (χ4n) is 1.14. The van der Waals surface area contributed by atoms with Gasteiger partial charge < -0.3 is 16.2 Å². The summed E-state index contributed by atoms with van der Waals surface area (Å²) >= 11 is 0. The normalized spacial score (nSPS) is 11.5. The number of amides is 2. The first-order valence-corrected chi connectivity index (χ1v) is 4.72. The second-order valence-electron chi connectivity index (χ2n) is 3.27. The van der Waals surface area contributed by atoms with Gasteiger partial charge in [-0.1, -0.05) is 0 Å². The number of carboxylic acid groups (broad SMARTS) is 1. The van der Waals surface area contributed by atoms with Crippen LogP contribution in [0.25, 0.3) is 0 Å². The summed E-state index contributed by atoms with van der Waals surface area (Å²) in [7, 11) is 0. The van der Waals surface area contributed by atoms with Gasteiger partial charge >= 0.3 is 5.97 Å². The molecule has 90 valence electrons. The number of carboxylic acids is 1. The van der Waals surface area contributed by atoms with Crippen molar-refractivity contribution in [1.82, 2.24) is 10.3 Å². The van der Waals surface area contributed by atoms with Gasteiger partial charge in [-0.3, -0.25) is 19.4 Å². The Morgan fingerprint density at radius 2 is 2.18 bits per heavy atom. The number of carbonyl (C=O) groups is 3. The van der Waals surface area contributed by atoms with Crippen molar-refractivity contribution in [2.45, 2.75) is 12.5 Å². The minimum absolute atomic E-state index is 0.226. The highest BCUT2D eigenvalue weighted by molar-refractivity contribution is 5.97. The first-order valence-electron chi connectivity index (χ1n) is 4.72. The van der Waals surface area contributed by atoms with E-state index >= 15 is 0 Å². The molecule has 1 rings (SSSR count). The lowest BCUT2D eigenvalue weighted by atomic mass is 10.1. The number of aromatic nitrogens is 1. The molecule has 17 heavy (non-hydrogen) atoms. The molecule has 7 heteroatoms. The summed E-state index contributed by atoms with van der Waals surface area (Å²) in [4.78, 5) is 36.7. The molecule has 4 N–H and O–H groups in total. The average Bonchev–Trinajstić information content (AvgIpc) is 2.28. The molecule has 0 aliphatic heterocycles. The van der Waals surface area contributed by atoms with Crippen LogP contribution in [-0.4, -0.2) is 33.9 Å². The number of primary amides is 1. The van der Waals surface area contributed by atoms with Gasteiger partial charge in [-0.05, 0) is 12.1 Å². The van der Waals surface area contributed by atoms with E-state index in [9.17, 15) is 14.4 Å². The van der Waals surface area contributed by atoms with Crippen molar-refractivity contribution in [3.8, 4) is 0 Å². The summed E-state index contributed by atoms with van der Waals surface area (Å²) < 4.78 is 0. The van der Waals surface area contributed by atoms with Crippen molar-refractivity contribution in [1.29, 1.82) is 0 Å². The van der Waals surface area contributed by atoms with E-state index in [0.29, 0.717) is 0 Å². The highest BCUT2D eigenvalue weighted by atomic mass is 16.4. The molecule has 7 nitrogen and oxygen atoms in total. The number of rotatable bonds is 5. The van der Waals surface area contributed by atoms with E-state index in [-0.39, 0.29) is 5.56 Å². The van der Waals surface area contributed by atoms with Gasteiger partial charge in [-0.25, -0.2) is 0 Å². The van der Waals surface area contributed by atoms with Gasteiger partial charge in [0, 0.05) is 12.4 Å². The number of nitrogens with zero attached hydrogens (tertiary/aromatic N) is 1. The maximum absolute atomic E-state index is 11.6. The molecule has 1 aromatic heterocycles. The third kappa shape index (κ3) is 3.90. The van der Waals surface area contributed by atoms with Crippen molar-refractivity contribution in [2.75, 3.05) is 0 Å². The monoisotopic (exact) mass is 237 g/mol. The number of nitrogens with two attached hydrogens (primary N) is 1. The van der Waals surface area contributed by atoms with Crippen LogP contribution >= 0.6 is 0 Å². The Morgan fingerprint density at radius 3 is 2.65 bits per heavy atom. The maximum atomic E-state index is 11.6. The van der Waals surface area contributed by atoms with E-state index in [4.69, 9.17) is 10.8 Å². The Bertz CT molecular complexity index is 432. The molecule has 1 aromatic rings. The van der Waals surface area contributed by atoms with Crippen LogP contribution in [-0.2, 0) is 9.59 Å². The Kier molecular flexibility index (Phi) is 4.15. The number of carbonyl (C=O) groups excluding carboxylic acids is 2. The Labute approximate surface area is 96.6 Å². The van der Waals surface area contributed by atoms with Crippen LogP contribution in [0.1, 0.15) is 16.8 Å². The predicted molar refractivity (Wildman–Crippen MR) is 56.9 cm³/mol. The molecular weight excluding hydrogens is 226 g/mol. The van der Waals surface area contributed by atoms with Crippen LogP contribution in [0.4, 0.5) is 0 Å². The lowest BCUT2D eigenvalue weighted by molar-refractivity contribution is -0.139. The van der Waals surface area contributed by atoms with Crippen molar-refractivity contribution in [3.63, 3.8) is 0 Å². The van der Waals surface area contributed by atoms with Crippen molar-refractivity contribution < 1.29 is 19.5 Å². The summed E-state index contributed by atoms with van der Waals surface area (Å²) in [6.45, 7) is 0. The van der Waals surface area contributed by atoms with Gasteiger partial charge in [0.2, 0.25) is 5.91 Å². The van der Waals surface area contributed by atoms with E-state index in [1.807, 2.05) is 0 Å². The molecule has 0 bridgehead atoms. The van der Waals surface area contributed by atoms with Gasteiger partial charge in [0.1, 0.15) is 6.04 Å². The summed E-state index contributed by atoms with van der Waals surface area (Å²) in [6.07, 6.45) is 2.23. The molecule has 0 aromatic carbocycles. The Morgan fingerprint density at radius 1 is 1.47 bits per heavy atom. The molecule has 0 unspecified atom stereocenters. The van der Waals surface area contributed by atoms with Crippen LogP contribution in [0.15, 0.2) is 24.5 Å². The quantitative estimate of drug-likeness (QED) is 0.615. The second kappa shape index (κ2) is 5.59. The summed E-state index contributed by atoms with van der Waals surface area (Å²) in [6, 6.07) is 1.80. The summed E-state index contributed by atoms with van der Waals surface area (Å²) in [5.41, 5.74) is 5.20. The van der Waals surface area contributed by atoms with E-state index in [2.05, 4.69) is 10.3 Å². The summed E-state index contributed by atoms with van der Waals surface area (Å²) in [5.74, 6) is -2.71. The minimum atomic E-state index is -1.24. The number of nitrogens with one attached hydrogen (secondary N) is 1. The number of aliphatic carboxylic acids is 1. The van der Waals surface area contributed by atoms with Crippen molar-refractivity contribution in [3.05, 3.63) is 30.1 Å². The molecule has 0 aliphatic carbocycles. The topological polar surface area (TPSA) is 122 Å². The smallest absolute Gasteiger partial charge is 0.305 e. The van der Waals surface area contributed by atoms with Gasteiger partial charge in [-0.15, -0.1) is 0 Å². The Balaban J connectivity index is 2.71. The zero-order chi connectivity index (χ0) is 12.8. The molecule has 0 aliphatic rings. The molecule has 0 saturated carbocycles. The lowest BCUT2D eigenvalue weighted by Gasteiger charge is -2.12. The van der Waals surface area contributed by atoms with Gasteiger partial charge in [-0.2, -0.15) is 0 Å². The van der Waals surface area contributed by atoms with Gasteiger partial charge in [0.25, 0.3) is 5.91 Å². The third-order valence-electron chi connectivity index (χ3n) is 1.95. The molecule has 1 heterocycles. The van der Waals surface area contributed by atoms with E-state index in [1.54, 1.807) is 6.07 Å². The fourth-order valence-corrected chi connectivity index (χ4v) is 1.14. The molecule has 0 radical (unpaired) electrons. The van der Waals surface area contributed by atoms with Crippen molar-refractivity contribution >= 4 is 17.8 Å². The largest absolute Gasteiger partial charge is 0.481 e. The molecular formula is C10H11N3O4. The first-order chi connectivity index (χ1) is 8.00. The molecule has 1 atom stereocenters. The van der Waals surface area contributed by atoms with E-state index in [0.717, 1.165) is 0 Å². The van der Waals surface area contributed by atoms with E-state index < -0.39 is 30.2 Å². The Hall–Kier alpha value is -2.44. The highest BCUT2D eigenvalue weighted by Crippen LogP contribution is 1.98. The van der Waals surface area contributed by atoms with Gasteiger partial charge in [0.05, 0.1) is 12.0 Å². The minimum Gasteiger partial charge on any atom is -0.481 e. The average molecular weight is 237 g/mol. The maximum Gasteiger partial charge on any atom is 0.305 e. The number of hydrogen-bond donors (Lipinski definition) is 3. The lowest BCUT2D eigenvalue weighted by Crippen LogP contribution is -2.45. The van der Waals surface area contributed by atoms with Crippen LogP contribution < -0.4 is 11.1 Å². The molecule has 2 amide bonds. The van der Waals surface area contributed by atoms with E-state index in [1.165, 1.54) is 18.5 Å².